The fraction of sp³-hybridized carbons (Fsp3) is 0.643. The van der Waals surface area contributed by atoms with E-state index in [1.165, 1.54) is 13.2 Å². The molecular weight excluding hydrogens is 276 g/mol. The van der Waals surface area contributed by atoms with Gasteiger partial charge in [0.05, 0.1) is 19.1 Å². The molecule has 0 bridgehead atoms. The fourth-order valence-electron chi connectivity index (χ4n) is 2.20. The second-order valence-corrected chi connectivity index (χ2v) is 4.85. The number of imide groups is 1. The van der Waals surface area contributed by atoms with Crippen molar-refractivity contribution in [1.82, 2.24) is 10.6 Å². The largest absolute Gasteiger partial charge is 0.469 e. The SMILES string of the molecule is C=CCNC(=O)NC(=O)COC1CCC(C(=O)OC)CC1. The van der Waals surface area contributed by atoms with Gasteiger partial charge < -0.3 is 14.8 Å². The number of nitrogens with one attached hydrogen (secondary N) is 2. The van der Waals surface area contributed by atoms with Crippen molar-refractivity contribution in [3.63, 3.8) is 0 Å². The summed E-state index contributed by atoms with van der Waals surface area (Å²) in [6, 6.07) is -0.571. The smallest absolute Gasteiger partial charge is 0.321 e. The average Bonchev–Trinajstić information content (AvgIpc) is 2.50. The number of carbonyl (C=O) groups is 3. The maximum absolute atomic E-state index is 11.5. The van der Waals surface area contributed by atoms with E-state index in [0.29, 0.717) is 25.7 Å². The van der Waals surface area contributed by atoms with Crippen molar-refractivity contribution in [1.29, 1.82) is 0 Å². The van der Waals surface area contributed by atoms with Gasteiger partial charge in [-0.15, -0.1) is 6.58 Å². The van der Waals surface area contributed by atoms with Crippen LogP contribution in [0.3, 0.4) is 0 Å². The summed E-state index contributed by atoms with van der Waals surface area (Å²) in [6.07, 6.45) is 4.25. The summed E-state index contributed by atoms with van der Waals surface area (Å²) in [5.74, 6) is -0.759. The Bertz CT molecular complexity index is 389. The Balaban J connectivity index is 2.18. The monoisotopic (exact) mass is 298 g/mol. The number of hydrogen-bond donors (Lipinski definition) is 2. The van der Waals surface area contributed by atoms with Crippen LogP contribution >= 0.6 is 0 Å². The summed E-state index contributed by atoms with van der Waals surface area (Å²) in [5, 5.41) is 4.58. The summed E-state index contributed by atoms with van der Waals surface area (Å²) in [5.41, 5.74) is 0. The summed E-state index contributed by atoms with van der Waals surface area (Å²) >= 11 is 0. The first kappa shape index (κ1) is 17.2. The number of hydrogen-bond acceptors (Lipinski definition) is 5. The van der Waals surface area contributed by atoms with Crippen LogP contribution in [0.4, 0.5) is 4.79 Å². The molecule has 0 unspecified atom stereocenters. The van der Waals surface area contributed by atoms with Crippen molar-refractivity contribution < 1.29 is 23.9 Å². The topological polar surface area (TPSA) is 93.7 Å². The molecule has 0 radical (unpaired) electrons. The fourth-order valence-corrected chi connectivity index (χ4v) is 2.20. The second-order valence-electron chi connectivity index (χ2n) is 4.85. The molecule has 1 rings (SSSR count). The molecule has 1 fully saturated rings. The van der Waals surface area contributed by atoms with E-state index >= 15 is 0 Å². The van der Waals surface area contributed by atoms with Crippen LogP contribution in [0, 0.1) is 5.92 Å². The predicted molar refractivity (Wildman–Crippen MR) is 75.5 cm³/mol. The number of amides is 3. The van der Waals surface area contributed by atoms with E-state index in [4.69, 9.17) is 9.47 Å². The molecule has 118 valence electrons. The van der Waals surface area contributed by atoms with E-state index in [2.05, 4.69) is 17.2 Å². The molecule has 0 saturated heterocycles. The lowest BCUT2D eigenvalue weighted by molar-refractivity contribution is -0.148. The molecule has 0 aromatic rings. The molecule has 0 aromatic carbocycles. The molecule has 0 aliphatic heterocycles. The minimum absolute atomic E-state index is 0.0621. The van der Waals surface area contributed by atoms with Crippen molar-refractivity contribution in [3.8, 4) is 0 Å². The van der Waals surface area contributed by atoms with E-state index in [1.54, 1.807) is 0 Å². The van der Waals surface area contributed by atoms with Gasteiger partial charge in [-0.3, -0.25) is 14.9 Å². The van der Waals surface area contributed by atoms with Crippen molar-refractivity contribution in [2.24, 2.45) is 5.92 Å². The number of urea groups is 1. The first-order valence-corrected chi connectivity index (χ1v) is 6.94. The normalized spacial score (nSPS) is 21.2. The van der Waals surface area contributed by atoms with E-state index in [9.17, 15) is 14.4 Å². The molecule has 0 spiro atoms. The Morgan fingerprint density at radius 3 is 2.48 bits per heavy atom. The van der Waals surface area contributed by atoms with Crippen molar-refractivity contribution in [2.45, 2.75) is 31.8 Å². The van der Waals surface area contributed by atoms with Gasteiger partial charge in [-0.05, 0) is 25.7 Å². The van der Waals surface area contributed by atoms with Gasteiger partial charge in [0.25, 0.3) is 5.91 Å². The molecule has 7 nitrogen and oxygen atoms in total. The Labute approximate surface area is 124 Å². The highest BCUT2D eigenvalue weighted by Crippen LogP contribution is 2.26. The molecule has 0 atom stereocenters. The number of carbonyl (C=O) groups excluding carboxylic acids is 3. The highest BCUT2D eigenvalue weighted by atomic mass is 16.5. The van der Waals surface area contributed by atoms with Crippen LogP contribution in [-0.2, 0) is 19.1 Å². The maximum Gasteiger partial charge on any atom is 0.321 e. The molecule has 1 saturated carbocycles. The lowest BCUT2D eigenvalue weighted by atomic mass is 9.87. The van der Waals surface area contributed by atoms with Crippen LogP contribution < -0.4 is 10.6 Å². The minimum atomic E-state index is -0.571. The van der Waals surface area contributed by atoms with Gasteiger partial charge in [0, 0.05) is 6.54 Å². The Hall–Kier alpha value is -1.89. The van der Waals surface area contributed by atoms with Gasteiger partial charge in [-0.25, -0.2) is 4.79 Å². The predicted octanol–water partition coefficient (Wildman–Crippen LogP) is 0.747. The maximum atomic E-state index is 11.5. The van der Waals surface area contributed by atoms with E-state index in [1.807, 2.05) is 0 Å². The number of rotatable bonds is 6. The van der Waals surface area contributed by atoms with Gasteiger partial charge >= 0.3 is 12.0 Å². The quantitative estimate of drug-likeness (QED) is 0.557. The molecule has 1 aliphatic rings. The van der Waals surface area contributed by atoms with E-state index in [-0.39, 0.29) is 31.1 Å². The Morgan fingerprint density at radius 2 is 1.90 bits per heavy atom. The number of esters is 1. The average molecular weight is 298 g/mol. The van der Waals surface area contributed by atoms with Crippen molar-refractivity contribution in [2.75, 3.05) is 20.3 Å². The molecule has 21 heavy (non-hydrogen) atoms. The minimum Gasteiger partial charge on any atom is -0.469 e. The van der Waals surface area contributed by atoms with E-state index in [0.717, 1.165) is 0 Å². The Morgan fingerprint density at radius 1 is 1.24 bits per heavy atom. The molecule has 0 aromatic heterocycles. The standard InChI is InChI=1S/C14H22N2O5/c1-3-8-15-14(19)16-12(17)9-21-11-6-4-10(5-7-11)13(18)20-2/h3,10-11H,1,4-9H2,2H3,(H2,15,16,17,19). The molecule has 2 N–H and O–H groups in total. The zero-order valence-electron chi connectivity index (χ0n) is 12.2. The summed E-state index contributed by atoms with van der Waals surface area (Å²) in [6.45, 7) is 3.57. The third-order valence-electron chi connectivity index (χ3n) is 3.32. The van der Waals surface area contributed by atoms with Gasteiger partial charge in [0.2, 0.25) is 0 Å². The lowest BCUT2D eigenvalue weighted by Gasteiger charge is -2.26. The van der Waals surface area contributed by atoms with Crippen LogP contribution in [0.15, 0.2) is 12.7 Å². The number of ether oxygens (including phenoxy) is 2. The third kappa shape index (κ3) is 6.40. The van der Waals surface area contributed by atoms with Crippen LogP contribution in [0.5, 0.6) is 0 Å². The summed E-state index contributed by atoms with van der Waals surface area (Å²) in [7, 11) is 1.38. The first-order valence-electron chi connectivity index (χ1n) is 6.94. The zero-order valence-corrected chi connectivity index (χ0v) is 12.2. The van der Waals surface area contributed by atoms with Crippen LogP contribution in [0.1, 0.15) is 25.7 Å². The molecule has 0 heterocycles. The number of methoxy groups -OCH3 is 1. The van der Waals surface area contributed by atoms with Gasteiger partial charge in [0.1, 0.15) is 6.61 Å². The van der Waals surface area contributed by atoms with Crippen molar-refractivity contribution in [3.05, 3.63) is 12.7 Å². The molecule has 7 heteroatoms. The highest BCUT2D eigenvalue weighted by Gasteiger charge is 2.27. The first-order chi connectivity index (χ1) is 10.1. The second kappa shape index (κ2) is 9.12. The lowest BCUT2D eigenvalue weighted by Crippen LogP contribution is -2.41. The summed E-state index contributed by atoms with van der Waals surface area (Å²) < 4.78 is 10.2. The molecule has 3 amide bonds. The Kier molecular flexibility index (Phi) is 7.45. The van der Waals surface area contributed by atoms with Crippen LogP contribution in [0.2, 0.25) is 0 Å². The van der Waals surface area contributed by atoms with Crippen molar-refractivity contribution >= 4 is 17.9 Å². The third-order valence-corrected chi connectivity index (χ3v) is 3.32. The van der Waals surface area contributed by atoms with Gasteiger partial charge in [0.15, 0.2) is 0 Å². The molecular formula is C14H22N2O5. The van der Waals surface area contributed by atoms with Gasteiger partial charge in [-0.1, -0.05) is 6.08 Å². The van der Waals surface area contributed by atoms with Crippen LogP contribution in [-0.4, -0.2) is 44.3 Å². The van der Waals surface area contributed by atoms with Gasteiger partial charge in [-0.2, -0.15) is 0 Å². The summed E-state index contributed by atoms with van der Waals surface area (Å²) in [4.78, 5) is 34.1. The zero-order chi connectivity index (χ0) is 15.7. The van der Waals surface area contributed by atoms with Crippen LogP contribution in [0.25, 0.3) is 0 Å². The molecule has 1 aliphatic carbocycles. The highest BCUT2D eigenvalue weighted by molar-refractivity contribution is 5.94. The van der Waals surface area contributed by atoms with E-state index < -0.39 is 11.9 Å².